The molecule has 1 N–H and O–H groups in total. The van der Waals surface area contributed by atoms with E-state index >= 15 is 0 Å². The highest BCUT2D eigenvalue weighted by Gasteiger charge is 2.20. The molecule has 0 radical (unpaired) electrons. The van der Waals surface area contributed by atoms with E-state index < -0.39 is 0 Å². The van der Waals surface area contributed by atoms with Gasteiger partial charge in [0, 0.05) is 18.9 Å². The molecule has 2 rings (SSSR count). The molecule has 0 saturated heterocycles. The van der Waals surface area contributed by atoms with Crippen LogP contribution in [0.25, 0.3) is 0 Å². The van der Waals surface area contributed by atoms with Crippen LogP contribution in [-0.4, -0.2) is 21.3 Å². The second kappa shape index (κ2) is 6.66. The van der Waals surface area contributed by atoms with Gasteiger partial charge in [-0.25, -0.2) is 0 Å². The zero-order valence-electron chi connectivity index (χ0n) is 12.8. The number of hydrogen-bond acceptors (Lipinski definition) is 3. The Balaban J connectivity index is 2.44. The molecule has 2 aromatic heterocycles. The average Bonchev–Trinajstić information content (AvgIpc) is 2.82. The first kappa shape index (κ1) is 14.7. The van der Waals surface area contributed by atoms with Crippen molar-refractivity contribution < 1.29 is 0 Å². The molecule has 4 nitrogen and oxygen atoms in total. The Morgan fingerprint density at radius 3 is 2.75 bits per heavy atom. The van der Waals surface area contributed by atoms with Crippen LogP contribution in [0.4, 0.5) is 0 Å². The number of nitrogens with one attached hydrogen (secondary N) is 1. The summed E-state index contributed by atoms with van der Waals surface area (Å²) in [5.41, 5.74) is 4.77. The minimum absolute atomic E-state index is 0.157. The van der Waals surface area contributed by atoms with Crippen LogP contribution in [0.5, 0.6) is 0 Å². The quantitative estimate of drug-likeness (QED) is 0.879. The van der Waals surface area contributed by atoms with Crippen molar-refractivity contribution in [1.82, 2.24) is 20.1 Å². The second-order valence-corrected chi connectivity index (χ2v) is 5.15. The molecule has 0 aliphatic carbocycles. The van der Waals surface area contributed by atoms with Gasteiger partial charge in [0.15, 0.2) is 0 Å². The van der Waals surface area contributed by atoms with Crippen LogP contribution in [0.15, 0.2) is 24.5 Å². The Morgan fingerprint density at radius 1 is 1.30 bits per heavy atom. The van der Waals surface area contributed by atoms with Crippen molar-refractivity contribution in [2.45, 2.75) is 46.7 Å². The van der Waals surface area contributed by atoms with Crippen LogP contribution in [0.3, 0.4) is 0 Å². The fraction of sp³-hybridized carbons (Fsp3) is 0.500. The van der Waals surface area contributed by atoms with Gasteiger partial charge in [-0.1, -0.05) is 6.92 Å². The molecular formula is C16H24N4. The number of nitrogens with zero attached hydrogens (tertiary/aromatic N) is 3. The lowest BCUT2D eigenvalue weighted by Crippen LogP contribution is -2.26. The Hall–Kier alpha value is -1.68. The maximum atomic E-state index is 4.57. The molecule has 0 fully saturated rings. The average molecular weight is 272 g/mol. The Bertz CT molecular complexity index is 559. The van der Waals surface area contributed by atoms with Crippen LogP contribution < -0.4 is 5.32 Å². The molecule has 0 aliphatic rings. The fourth-order valence-electron chi connectivity index (χ4n) is 2.49. The normalized spacial score (nSPS) is 12.6. The van der Waals surface area contributed by atoms with Crippen LogP contribution in [0.2, 0.25) is 0 Å². The maximum absolute atomic E-state index is 4.57. The summed E-state index contributed by atoms with van der Waals surface area (Å²) in [5.74, 6) is 0. The SMILES string of the molecule is CCCNC(c1cnccc1C)c1cc(C)nn1CC. The zero-order valence-corrected chi connectivity index (χ0v) is 12.8. The van der Waals surface area contributed by atoms with Gasteiger partial charge in [-0.05, 0) is 57.0 Å². The van der Waals surface area contributed by atoms with E-state index in [1.54, 1.807) is 0 Å². The van der Waals surface area contributed by atoms with Crippen LogP contribution in [-0.2, 0) is 6.54 Å². The topological polar surface area (TPSA) is 42.7 Å². The molecule has 20 heavy (non-hydrogen) atoms. The summed E-state index contributed by atoms with van der Waals surface area (Å²) < 4.78 is 2.08. The maximum Gasteiger partial charge on any atom is 0.0765 e. The van der Waals surface area contributed by atoms with E-state index in [1.165, 1.54) is 16.8 Å². The van der Waals surface area contributed by atoms with Crippen molar-refractivity contribution in [3.05, 3.63) is 47.0 Å². The highest BCUT2D eigenvalue weighted by Crippen LogP contribution is 2.25. The highest BCUT2D eigenvalue weighted by atomic mass is 15.3. The molecule has 1 atom stereocenters. The first-order chi connectivity index (χ1) is 9.67. The zero-order chi connectivity index (χ0) is 14.5. The monoisotopic (exact) mass is 272 g/mol. The predicted octanol–water partition coefficient (Wildman–Crippen LogP) is 3.00. The first-order valence-electron chi connectivity index (χ1n) is 7.35. The van der Waals surface area contributed by atoms with Gasteiger partial charge in [0.05, 0.1) is 17.4 Å². The van der Waals surface area contributed by atoms with E-state index in [1.807, 2.05) is 19.3 Å². The highest BCUT2D eigenvalue weighted by molar-refractivity contribution is 5.32. The molecule has 0 saturated carbocycles. The number of aryl methyl sites for hydroxylation is 3. The second-order valence-electron chi connectivity index (χ2n) is 5.15. The third-order valence-corrected chi connectivity index (χ3v) is 3.52. The van der Waals surface area contributed by atoms with Crippen molar-refractivity contribution in [2.24, 2.45) is 0 Å². The summed E-state index contributed by atoms with van der Waals surface area (Å²) in [5, 5.41) is 8.20. The van der Waals surface area contributed by atoms with Gasteiger partial charge in [-0.15, -0.1) is 0 Å². The summed E-state index contributed by atoms with van der Waals surface area (Å²) >= 11 is 0. The van der Waals surface area contributed by atoms with Gasteiger partial charge >= 0.3 is 0 Å². The summed E-state index contributed by atoms with van der Waals surface area (Å²) in [7, 11) is 0. The van der Waals surface area contributed by atoms with Gasteiger partial charge < -0.3 is 5.32 Å². The minimum atomic E-state index is 0.157. The molecule has 0 aromatic carbocycles. The molecule has 4 heteroatoms. The predicted molar refractivity (Wildman–Crippen MR) is 81.7 cm³/mol. The van der Waals surface area contributed by atoms with Crippen LogP contribution in [0, 0.1) is 13.8 Å². The summed E-state index contributed by atoms with van der Waals surface area (Å²) in [6.07, 6.45) is 4.91. The molecule has 2 aromatic rings. The van der Waals surface area contributed by atoms with Gasteiger partial charge in [-0.3, -0.25) is 9.67 Å². The molecule has 108 valence electrons. The Labute approximate surface area is 121 Å². The largest absolute Gasteiger partial charge is 0.305 e. The summed E-state index contributed by atoms with van der Waals surface area (Å²) in [6.45, 7) is 10.4. The summed E-state index contributed by atoms with van der Waals surface area (Å²) in [4.78, 5) is 4.29. The first-order valence-corrected chi connectivity index (χ1v) is 7.35. The van der Waals surface area contributed by atoms with Crippen molar-refractivity contribution >= 4 is 0 Å². The van der Waals surface area contributed by atoms with E-state index in [9.17, 15) is 0 Å². The van der Waals surface area contributed by atoms with E-state index in [0.29, 0.717) is 0 Å². The standard InChI is InChI=1S/C16H24N4/c1-5-8-18-16(14-11-17-9-7-12(14)3)15-10-13(4)19-20(15)6-2/h7,9-11,16,18H,5-6,8H2,1-4H3. The van der Waals surface area contributed by atoms with Crippen LogP contribution in [0.1, 0.15) is 48.8 Å². The third kappa shape index (κ3) is 3.07. The van der Waals surface area contributed by atoms with E-state index in [-0.39, 0.29) is 6.04 Å². The minimum Gasteiger partial charge on any atom is -0.305 e. The molecule has 0 amide bonds. The fourth-order valence-corrected chi connectivity index (χ4v) is 2.49. The van der Waals surface area contributed by atoms with Gasteiger partial charge in [0.25, 0.3) is 0 Å². The number of pyridine rings is 1. The molecule has 0 aliphatic heterocycles. The Kier molecular flexibility index (Phi) is 4.90. The number of hydrogen-bond donors (Lipinski definition) is 1. The van der Waals surface area contributed by atoms with Gasteiger partial charge in [0.2, 0.25) is 0 Å². The lowest BCUT2D eigenvalue weighted by atomic mass is 10.0. The molecule has 2 heterocycles. The third-order valence-electron chi connectivity index (χ3n) is 3.52. The molecule has 0 bridgehead atoms. The van der Waals surface area contributed by atoms with E-state index in [2.05, 4.69) is 53.0 Å². The van der Waals surface area contributed by atoms with Crippen molar-refractivity contribution in [3.8, 4) is 0 Å². The molecular weight excluding hydrogens is 248 g/mol. The van der Waals surface area contributed by atoms with E-state index in [0.717, 1.165) is 25.2 Å². The summed E-state index contributed by atoms with van der Waals surface area (Å²) in [6, 6.07) is 4.39. The van der Waals surface area contributed by atoms with Crippen LogP contribution >= 0.6 is 0 Å². The van der Waals surface area contributed by atoms with Crippen molar-refractivity contribution in [1.29, 1.82) is 0 Å². The van der Waals surface area contributed by atoms with Gasteiger partial charge in [0.1, 0.15) is 0 Å². The number of rotatable bonds is 6. The molecule has 1 unspecified atom stereocenters. The van der Waals surface area contributed by atoms with Gasteiger partial charge in [-0.2, -0.15) is 5.10 Å². The lowest BCUT2D eigenvalue weighted by Gasteiger charge is -2.21. The lowest BCUT2D eigenvalue weighted by molar-refractivity contribution is 0.526. The van der Waals surface area contributed by atoms with Crippen molar-refractivity contribution in [3.63, 3.8) is 0 Å². The number of aromatic nitrogens is 3. The molecule has 0 spiro atoms. The Morgan fingerprint density at radius 2 is 2.10 bits per heavy atom. The van der Waals surface area contributed by atoms with E-state index in [4.69, 9.17) is 0 Å². The van der Waals surface area contributed by atoms with Crippen molar-refractivity contribution in [2.75, 3.05) is 6.54 Å². The smallest absolute Gasteiger partial charge is 0.0765 e.